The molecule has 2 heteroatoms. The van der Waals surface area contributed by atoms with Crippen molar-refractivity contribution >= 4 is 22.6 Å². The Bertz CT molecular complexity index is 316. The van der Waals surface area contributed by atoms with Gasteiger partial charge in [-0.2, -0.15) is 0 Å². The minimum Gasteiger partial charge on any atom is -0.310 e. The normalized spacial score (nSPS) is 22.3. The molecule has 1 aliphatic rings. The molecular weight excluding hydrogens is 285 g/mol. The lowest BCUT2D eigenvalue weighted by atomic mass is 9.96. The summed E-state index contributed by atoms with van der Waals surface area (Å²) in [5.74, 6) is 0. The molecule has 0 amide bonds. The van der Waals surface area contributed by atoms with Crippen LogP contribution in [-0.4, -0.2) is 6.54 Å². The molecule has 1 aliphatic heterocycles. The van der Waals surface area contributed by atoms with Crippen LogP contribution in [0.3, 0.4) is 0 Å². The Kier molecular flexibility index (Phi) is 3.44. The van der Waals surface area contributed by atoms with Gasteiger partial charge in [-0.1, -0.05) is 24.1 Å². The van der Waals surface area contributed by atoms with Crippen LogP contribution in [0.4, 0.5) is 0 Å². The van der Waals surface area contributed by atoms with Gasteiger partial charge in [0.05, 0.1) is 0 Å². The van der Waals surface area contributed by atoms with Crippen LogP contribution >= 0.6 is 22.6 Å². The third-order valence-electron chi connectivity index (χ3n) is 2.84. The lowest BCUT2D eigenvalue weighted by molar-refractivity contribution is 0.411. The van der Waals surface area contributed by atoms with Gasteiger partial charge in [-0.15, -0.1) is 0 Å². The molecular formula is C12H16IN. The van der Waals surface area contributed by atoms with Gasteiger partial charge in [-0.3, -0.25) is 0 Å². The summed E-state index contributed by atoms with van der Waals surface area (Å²) in [6.45, 7) is 3.34. The summed E-state index contributed by atoms with van der Waals surface area (Å²) in [5, 5.41) is 3.60. The van der Waals surface area contributed by atoms with Crippen molar-refractivity contribution in [1.29, 1.82) is 0 Å². The van der Waals surface area contributed by atoms with Gasteiger partial charge in [-0.25, -0.2) is 0 Å². The number of halogens is 1. The standard InChI is InChI=1S/C12H16IN/c1-9-5-6-11(13)10(8-9)12-4-2-3-7-14-12/h5-6,8,12,14H,2-4,7H2,1H3/t12-/m1/s1. The van der Waals surface area contributed by atoms with Crippen LogP contribution in [0.25, 0.3) is 0 Å². The quantitative estimate of drug-likeness (QED) is 0.784. The lowest BCUT2D eigenvalue weighted by Gasteiger charge is -2.25. The SMILES string of the molecule is Cc1ccc(I)c([C@H]2CCCCN2)c1. The third-order valence-corrected chi connectivity index (χ3v) is 3.82. The third kappa shape index (κ3) is 2.28. The Balaban J connectivity index is 2.24. The lowest BCUT2D eigenvalue weighted by Crippen LogP contribution is -2.27. The first-order valence-corrected chi connectivity index (χ1v) is 6.34. The average molecular weight is 301 g/mol. The van der Waals surface area contributed by atoms with Crippen molar-refractivity contribution in [2.45, 2.75) is 32.2 Å². The Morgan fingerprint density at radius 2 is 2.21 bits per heavy atom. The van der Waals surface area contributed by atoms with Crippen molar-refractivity contribution < 1.29 is 0 Å². The van der Waals surface area contributed by atoms with E-state index in [0.29, 0.717) is 6.04 Å². The second-order valence-corrected chi connectivity index (χ2v) is 5.19. The van der Waals surface area contributed by atoms with Gasteiger partial charge in [0.25, 0.3) is 0 Å². The smallest absolute Gasteiger partial charge is 0.0330 e. The van der Waals surface area contributed by atoms with E-state index in [1.165, 1.54) is 40.5 Å². The first-order valence-electron chi connectivity index (χ1n) is 5.27. The van der Waals surface area contributed by atoms with E-state index in [0.717, 1.165) is 0 Å². The Hall–Kier alpha value is -0.0900. The van der Waals surface area contributed by atoms with Crippen LogP contribution in [-0.2, 0) is 0 Å². The first kappa shape index (κ1) is 10.4. The molecule has 1 fully saturated rings. The molecule has 1 aromatic rings. The molecule has 0 aliphatic carbocycles. The number of benzene rings is 1. The highest BCUT2D eigenvalue weighted by Crippen LogP contribution is 2.27. The monoisotopic (exact) mass is 301 g/mol. The van der Waals surface area contributed by atoms with Crippen molar-refractivity contribution in [3.05, 3.63) is 32.9 Å². The van der Waals surface area contributed by atoms with Gasteiger partial charge in [-0.05, 0) is 60.5 Å². The summed E-state index contributed by atoms with van der Waals surface area (Å²) < 4.78 is 1.40. The summed E-state index contributed by atoms with van der Waals surface area (Å²) in [6, 6.07) is 7.33. The molecule has 14 heavy (non-hydrogen) atoms. The van der Waals surface area contributed by atoms with Gasteiger partial charge in [0.15, 0.2) is 0 Å². The van der Waals surface area contributed by atoms with E-state index in [2.05, 4.69) is 53.0 Å². The highest BCUT2D eigenvalue weighted by atomic mass is 127. The molecule has 0 saturated carbocycles. The van der Waals surface area contributed by atoms with Crippen LogP contribution in [0.2, 0.25) is 0 Å². The van der Waals surface area contributed by atoms with E-state index in [1.807, 2.05) is 0 Å². The molecule has 0 unspecified atom stereocenters. The molecule has 76 valence electrons. The topological polar surface area (TPSA) is 12.0 Å². The predicted octanol–water partition coefficient (Wildman–Crippen LogP) is 3.41. The number of rotatable bonds is 1. The summed E-state index contributed by atoms with van der Waals surface area (Å²) in [7, 11) is 0. The highest BCUT2D eigenvalue weighted by Gasteiger charge is 2.16. The molecule has 1 aromatic carbocycles. The van der Waals surface area contributed by atoms with E-state index in [4.69, 9.17) is 0 Å². The molecule has 1 saturated heterocycles. The second kappa shape index (κ2) is 4.62. The van der Waals surface area contributed by atoms with E-state index in [-0.39, 0.29) is 0 Å². The van der Waals surface area contributed by atoms with Crippen LogP contribution in [0, 0.1) is 10.5 Å². The molecule has 1 atom stereocenters. The molecule has 1 N–H and O–H groups in total. The van der Waals surface area contributed by atoms with Crippen LogP contribution in [0.5, 0.6) is 0 Å². The van der Waals surface area contributed by atoms with Gasteiger partial charge in [0.2, 0.25) is 0 Å². The highest BCUT2D eigenvalue weighted by molar-refractivity contribution is 14.1. The molecule has 1 nitrogen and oxygen atoms in total. The zero-order valence-corrected chi connectivity index (χ0v) is 10.7. The molecule has 0 spiro atoms. The number of piperidine rings is 1. The molecule has 0 radical (unpaired) electrons. The van der Waals surface area contributed by atoms with Gasteiger partial charge < -0.3 is 5.32 Å². The van der Waals surface area contributed by atoms with Crippen molar-refractivity contribution in [2.75, 3.05) is 6.54 Å². The van der Waals surface area contributed by atoms with Crippen molar-refractivity contribution in [2.24, 2.45) is 0 Å². The van der Waals surface area contributed by atoms with E-state index >= 15 is 0 Å². The molecule has 1 heterocycles. The Labute approximate surface area is 99.4 Å². The van der Waals surface area contributed by atoms with Gasteiger partial charge in [0.1, 0.15) is 0 Å². The number of hydrogen-bond donors (Lipinski definition) is 1. The van der Waals surface area contributed by atoms with Crippen LogP contribution in [0.1, 0.15) is 36.4 Å². The fourth-order valence-corrected chi connectivity index (χ4v) is 2.76. The molecule has 0 bridgehead atoms. The minimum absolute atomic E-state index is 0.593. The van der Waals surface area contributed by atoms with Crippen LogP contribution in [0.15, 0.2) is 18.2 Å². The van der Waals surface area contributed by atoms with Gasteiger partial charge >= 0.3 is 0 Å². The zero-order valence-electron chi connectivity index (χ0n) is 8.52. The van der Waals surface area contributed by atoms with Crippen molar-refractivity contribution in [1.82, 2.24) is 5.32 Å². The predicted molar refractivity (Wildman–Crippen MR) is 68.5 cm³/mol. The van der Waals surface area contributed by atoms with Crippen LogP contribution < -0.4 is 5.32 Å². The van der Waals surface area contributed by atoms with E-state index in [9.17, 15) is 0 Å². The largest absolute Gasteiger partial charge is 0.310 e. The number of nitrogens with one attached hydrogen (secondary N) is 1. The maximum absolute atomic E-state index is 3.60. The summed E-state index contributed by atoms with van der Waals surface area (Å²) in [4.78, 5) is 0. The summed E-state index contributed by atoms with van der Waals surface area (Å²) in [5.41, 5.74) is 2.86. The fraction of sp³-hybridized carbons (Fsp3) is 0.500. The Morgan fingerprint density at radius 3 is 2.93 bits per heavy atom. The first-order chi connectivity index (χ1) is 6.77. The van der Waals surface area contributed by atoms with E-state index in [1.54, 1.807) is 0 Å². The second-order valence-electron chi connectivity index (χ2n) is 4.03. The fourth-order valence-electron chi connectivity index (χ4n) is 2.05. The Morgan fingerprint density at radius 1 is 1.36 bits per heavy atom. The van der Waals surface area contributed by atoms with Crippen molar-refractivity contribution in [3.63, 3.8) is 0 Å². The van der Waals surface area contributed by atoms with Crippen molar-refractivity contribution in [3.8, 4) is 0 Å². The summed E-state index contributed by atoms with van der Waals surface area (Å²) >= 11 is 2.44. The number of hydrogen-bond acceptors (Lipinski definition) is 1. The molecule has 0 aromatic heterocycles. The average Bonchev–Trinajstić information content (AvgIpc) is 2.23. The maximum atomic E-state index is 3.60. The summed E-state index contributed by atoms with van der Waals surface area (Å²) in [6.07, 6.45) is 3.99. The molecule has 2 rings (SSSR count). The zero-order chi connectivity index (χ0) is 9.97. The minimum atomic E-state index is 0.593. The maximum Gasteiger partial charge on any atom is 0.0330 e. The number of aryl methyl sites for hydroxylation is 1. The van der Waals surface area contributed by atoms with E-state index < -0.39 is 0 Å². The van der Waals surface area contributed by atoms with Gasteiger partial charge in [0, 0.05) is 9.61 Å².